The molecule has 2 atom stereocenters. The summed E-state index contributed by atoms with van der Waals surface area (Å²) in [5.41, 5.74) is 12.3. The van der Waals surface area contributed by atoms with Crippen molar-refractivity contribution < 1.29 is 13.6 Å². The molecule has 0 radical (unpaired) electrons. The first-order chi connectivity index (χ1) is 10.8. The van der Waals surface area contributed by atoms with Crippen molar-refractivity contribution in [3.05, 3.63) is 28.2 Å². The Balaban J connectivity index is 2.26. The molecule has 2 aromatic rings. The molecule has 1 amide bonds. The van der Waals surface area contributed by atoms with Gasteiger partial charge < -0.3 is 21.4 Å². The molecule has 0 bridgehead atoms. The number of alkyl halides is 1. The Morgan fingerprint density at radius 3 is 2.78 bits per heavy atom. The zero-order valence-corrected chi connectivity index (χ0v) is 13.3. The number of carbonyl (C=O) groups excluding carboxylic acids is 1. The minimum Gasteiger partial charge on any atom is -0.366 e. The van der Waals surface area contributed by atoms with Crippen molar-refractivity contribution in [2.75, 3.05) is 18.0 Å². The van der Waals surface area contributed by atoms with Gasteiger partial charge in [-0.05, 0) is 19.4 Å². The Kier molecular flexibility index (Phi) is 3.93. The van der Waals surface area contributed by atoms with Gasteiger partial charge in [-0.2, -0.15) is 0 Å². The van der Waals surface area contributed by atoms with E-state index in [-0.39, 0.29) is 29.2 Å². The van der Waals surface area contributed by atoms with Crippen LogP contribution in [0.4, 0.5) is 14.5 Å². The van der Waals surface area contributed by atoms with Gasteiger partial charge in [-0.1, -0.05) is 11.6 Å². The summed E-state index contributed by atoms with van der Waals surface area (Å²) in [6.07, 6.45) is -0.914. The molecule has 23 heavy (non-hydrogen) atoms. The number of hydrogen-bond acceptors (Lipinski definition) is 3. The van der Waals surface area contributed by atoms with Crippen LogP contribution in [-0.4, -0.2) is 36.2 Å². The summed E-state index contributed by atoms with van der Waals surface area (Å²) in [5, 5.41) is 0.616. The van der Waals surface area contributed by atoms with Gasteiger partial charge in [-0.15, -0.1) is 0 Å². The van der Waals surface area contributed by atoms with Crippen LogP contribution in [0, 0.1) is 12.7 Å². The number of nitrogens with one attached hydrogen (secondary N) is 1. The lowest BCUT2D eigenvalue weighted by Gasteiger charge is -2.35. The lowest BCUT2D eigenvalue weighted by atomic mass is 10.0. The predicted molar refractivity (Wildman–Crippen MR) is 86.2 cm³/mol. The molecule has 1 aromatic carbocycles. The molecule has 1 fully saturated rings. The molecule has 0 aliphatic carbocycles. The molecule has 2 heterocycles. The number of amides is 1. The number of piperidine rings is 1. The summed E-state index contributed by atoms with van der Waals surface area (Å²) in [7, 11) is 0. The molecule has 1 aromatic heterocycles. The zero-order valence-electron chi connectivity index (χ0n) is 12.5. The van der Waals surface area contributed by atoms with E-state index in [9.17, 15) is 13.6 Å². The van der Waals surface area contributed by atoms with Gasteiger partial charge in [0.25, 0.3) is 5.91 Å². The van der Waals surface area contributed by atoms with Gasteiger partial charge in [0.05, 0.1) is 21.8 Å². The summed E-state index contributed by atoms with van der Waals surface area (Å²) in [6.45, 7) is 2.04. The standard InChI is InChI=1S/C15H17ClF2N4O/c1-6-12(16)11-13(21-6)9(15(20)23)3-10(18)14(11)22-4-7(17)2-8(19)5-22/h3,7-8,21H,2,4-5,19H2,1H3,(H2,20,23)/t7-,8-/m0/s1. The van der Waals surface area contributed by atoms with E-state index in [2.05, 4.69) is 4.98 Å². The summed E-state index contributed by atoms with van der Waals surface area (Å²) in [4.78, 5) is 16.1. The first kappa shape index (κ1) is 16.0. The number of fused-ring (bicyclic) bond motifs is 1. The number of rotatable bonds is 2. The molecule has 8 heteroatoms. The Hall–Kier alpha value is -1.86. The predicted octanol–water partition coefficient (Wildman–Crippen LogP) is 2.24. The number of benzene rings is 1. The number of nitrogens with zero attached hydrogens (tertiary/aromatic N) is 1. The highest BCUT2D eigenvalue weighted by atomic mass is 35.5. The number of aromatic amines is 1. The minimum atomic E-state index is -1.15. The smallest absolute Gasteiger partial charge is 0.250 e. The fraction of sp³-hybridized carbons (Fsp3) is 0.400. The molecule has 1 saturated heterocycles. The van der Waals surface area contributed by atoms with E-state index in [0.717, 1.165) is 6.07 Å². The van der Waals surface area contributed by atoms with Crippen LogP contribution in [0.25, 0.3) is 10.9 Å². The number of halogens is 3. The largest absolute Gasteiger partial charge is 0.366 e. The summed E-state index contributed by atoms with van der Waals surface area (Å²) in [5.74, 6) is -1.44. The molecule has 5 N–H and O–H groups in total. The zero-order chi connectivity index (χ0) is 16.9. The van der Waals surface area contributed by atoms with Crippen LogP contribution in [-0.2, 0) is 0 Å². The summed E-state index contributed by atoms with van der Waals surface area (Å²) in [6, 6.07) is 0.655. The highest BCUT2D eigenvalue weighted by molar-refractivity contribution is 6.38. The molecule has 1 aliphatic heterocycles. The van der Waals surface area contributed by atoms with E-state index in [1.807, 2.05) is 0 Å². The third-order valence-electron chi connectivity index (χ3n) is 4.13. The van der Waals surface area contributed by atoms with Crippen molar-refractivity contribution in [2.45, 2.75) is 25.6 Å². The summed E-state index contributed by atoms with van der Waals surface area (Å²) >= 11 is 6.29. The van der Waals surface area contributed by atoms with E-state index in [1.54, 1.807) is 11.8 Å². The van der Waals surface area contributed by atoms with Crippen LogP contribution in [0.5, 0.6) is 0 Å². The van der Waals surface area contributed by atoms with Gasteiger partial charge in [0.2, 0.25) is 0 Å². The average molecular weight is 343 g/mol. The van der Waals surface area contributed by atoms with Crippen molar-refractivity contribution in [3.8, 4) is 0 Å². The molecule has 5 nitrogen and oxygen atoms in total. The number of aromatic nitrogens is 1. The number of anilines is 1. The lowest BCUT2D eigenvalue weighted by molar-refractivity contribution is 0.100. The van der Waals surface area contributed by atoms with Gasteiger partial charge >= 0.3 is 0 Å². The second-order valence-electron chi connectivity index (χ2n) is 5.93. The molecule has 1 aliphatic rings. The van der Waals surface area contributed by atoms with E-state index >= 15 is 0 Å². The summed E-state index contributed by atoms with van der Waals surface area (Å²) < 4.78 is 28.5. The maximum Gasteiger partial charge on any atom is 0.250 e. The third-order valence-corrected chi connectivity index (χ3v) is 4.60. The highest BCUT2D eigenvalue weighted by Gasteiger charge is 2.30. The van der Waals surface area contributed by atoms with Crippen LogP contribution in [0.2, 0.25) is 5.02 Å². The van der Waals surface area contributed by atoms with Gasteiger partial charge in [-0.25, -0.2) is 8.78 Å². The van der Waals surface area contributed by atoms with Crippen molar-refractivity contribution in [3.63, 3.8) is 0 Å². The van der Waals surface area contributed by atoms with Gasteiger partial charge in [0.15, 0.2) is 0 Å². The number of hydrogen-bond donors (Lipinski definition) is 3. The van der Waals surface area contributed by atoms with Gasteiger partial charge in [0.1, 0.15) is 12.0 Å². The van der Waals surface area contributed by atoms with Crippen molar-refractivity contribution in [2.24, 2.45) is 11.5 Å². The van der Waals surface area contributed by atoms with E-state index in [0.29, 0.717) is 23.1 Å². The molecule has 0 spiro atoms. The fourth-order valence-electron chi connectivity index (χ4n) is 3.17. The number of nitrogens with two attached hydrogens (primary N) is 2. The van der Waals surface area contributed by atoms with Crippen LogP contribution in [0.3, 0.4) is 0 Å². The van der Waals surface area contributed by atoms with E-state index < -0.39 is 23.9 Å². The SMILES string of the molecule is Cc1[nH]c2c(C(N)=O)cc(F)c(N3C[C@@H](N)C[C@H](F)C3)c2c1Cl. The van der Waals surface area contributed by atoms with Gasteiger partial charge in [0, 0.05) is 30.2 Å². The monoisotopic (exact) mass is 342 g/mol. The maximum atomic E-state index is 14.7. The van der Waals surface area contributed by atoms with Crippen LogP contribution >= 0.6 is 11.6 Å². The Morgan fingerprint density at radius 1 is 1.48 bits per heavy atom. The van der Waals surface area contributed by atoms with Crippen LogP contribution < -0.4 is 16.4 Å². The fourth-order valence-corrected chi connectivity index (χ4v) is 3.40. The molecule has 3 rings (SSSR count). The Bertz CT molecular complexity index is 782. The third kappa shape index (κ3) is 2.64. The minimum absolute atomic E-state index is 0.00866. The topological polar surface area (TPSA) is 88.1 Å². The maximum absolute atomic E-state index is 14.7. The quantitative estimate of drug-likeness (QED) is 0.782. The molecule has 0 saturated carbocycles. The van der Waals surface area contributed by atoms with E-state index in [4.69, 9.17) is 23.1 Å². The highest BCUT2D eigenvalue weighted by Crippen LogP contribution is 2.40. The Labute approximate surface area is 136 Å². The first-order valence-electron chi connectivity index (χ1n) is 7.24. The first-order valence-corrected chi connectivity index (χ1v) is 7.62. The second kappa shape index (κ2) is 5.65. The van der Waals surface area contributed by atoms with Gasteiger partial charge in [-0.3, -0.25) is 4.79 Å². The molecular formula is C15H17ClF2N4O. The normalized spacial score (nSPS) is 21.9. The van der Waals surface area contributed by atoms with Crippen molar-refractivity contribution >= 4 is 34.1 Å². The molecule has 0 unspecified atom stereocenters. The molecule has 124 valence electrons. The van der Waals surface area contributed by atoms with Crippen LogP contribution in [0.1, 0.15) is 22.5 Å². The average Bonchev–Trinajstić information content (AvgIpc) is 2.73. The Morgan fingerprint density at radius 2 is 2.17 bits per heavy atom. The van der Waals surface area contributed by atoms with Crippen LogP contribution in [0.15, 0.2) is 6.07 Å². The number of aryl methyl sites for hydroxylation is 1. The second-order valence-corrected chi connectivity index (χ2v) is 6.31. The van der Waals surface area contributed by atoms with E-state index in [1.165, 1.54) is 0 Å². The number of carbonyl (C=O) groups is 1. The number of H-pyrrole nitrogens is 1. The molecular weight excluding hydrogens is 326 g/mol. The number of primary amides is 1. The van der Waals surface area contributed by atoms with Crippen molar-refractivity contribution in [1.82, 2.24) is 4.98 Å². The lowest BCUT2D eigenvalue weighted by Crippen LogP contribution is -2.48. The van der Waals surface area contributed by atoms with Crippen molar-refractivity contribution in [1.29, 1.82) is 0 Å².